The fourth-order valence-corrected chi connectivity index (χ4v) is 9.38. The standard InChI is InChI=1S/C16H22/c1-15-9-5-6-10(15)12-11(9)13-7-3-4-8(7)14(12)16(13,15)2/h7-14H,3-6H2,1-2H3. The highest BCUT2D eigenvalue weighted by molar-refractivity contribution is 5.37. The highest BCUT2D eigenvalue weighted by atomic mass is 14.9. The molecule has 0 nitrogen and oxygen atoms in total. The summed E-state index contributed by atoms with van der Waals surface area (Å²) in [4.78, 5) is 0. The van der Waals surface area contributed by atoms with E-state index in [0.717, 1.165) is 10.8 Å². The van der Waals surface area contributed by atoms with Gasteiger partial charge in [-0.1, -0.05) is 13.8 Å². The van der Waals surface area contributed by atoms with E-state index in [1.165, 1.54) is 47.3 Å². The van der Waals surface area contributed by atoms with Crippen molar-refractivity contribution >= 4 is 0 Å². The summed E-state index contributed by atoms with van der Waals surface area (Å²) in [5.74, 6) is 9.62. The Bertz CT molecular complexity index is 390. The smallest absolute Gasteiger partial charge is 0.0199 e. The van der Waals surface area contributed by atoms with Crippen LogP contribution in [0.1, 0.15) is 39.5 Å². The predicted octanol–water partition coefficient (Wildman–Crippen LogP) is 3.57. The van der Waals surface area contributed by atoms with Crippen LogP contribution >= 0.6 is 0 Å². The molecule has 0 radical (unpaired) electrons. The zero-order valence-electron chi connectivity index (χ0n) is 10.4. The van der Waals surface area contributed by atoms with Gasteiger partial charge in [0.15, 0.2) is 0 Å². The molecule has 7 saturated carbocycles. The molecule has 0 aromatic carbocycles. The Balaban J connectivity index is 1.69. The van der Waals surface area contributed by atoms with Gasteiger partial charge < -0.3 is 0 Å². The van der Waals surface area contributed by atoms with Crippen LogP contribution in [0.2, 0.25) is 0 Å². The second-order valence-electron chi connectivity index (χ2n) is 8.47. The van der Waals surface area contributed by atoms with Crippen molar-refractivity contribution in [2.75, 3.05) is 0 Å². The van der Waals surface area contributed by atoms with Gasteiger partial charge in [-0.25, -0.2) is 0 Å². The highest BCUT2D eigenvalue weighted by Gasteiger charge is 2.90. The van der Waals surface area contributed by atoms with Crippen LogP contribution < -0.4 is 0 Å². The van der Waals surface area contributed by atoms with E-state index in [1.54, 1.807) is 25.7 Å². The van der Waals surface area contributed by atoms with Crippen LogP contribution in [0, 0.1) is 58.2 Å². The second kappa shape index (κ2) is 1.84. The molecule has 7 aliphatic carbocycles. The van der Waals surface area contributed by atoms with Gasteiger partial charge in [-0.3, -0.25) is 0 Å². The minimum atomic E-state index is 0.814. The number of fused-ring (bicyclic) bond motifs is 1. The highest BCUT2D eigenvalue weighted by Crippen LogP contribution is 2.95. The van der Waals surface area contributed by atoms with Crippen LogP contribution in [0.15, 0.2) is 0 Å². The lowest BCUT2D eigenvalue weighted by molar-refractivity contribution is -0.00279. The SMILES string of the molecule is CC12C3CCC1C1C3C3C4CCC4C1C32C. The molecule has 8 unspecified atom stereocenters. The molecule has 0 aromatic heterocycles. The molecule has 86 valence electrons. The van der Waals surface area contributed by atoms with Crippen LogP contribution in [-0.2, 0) is 0 Å². The first kappa shape index (κ1) is 8.16. The van der Waals surface area contributed by atoms with Crippen molar-refractivity contribution in [3.63, 3.8) is 0 Å². The molecule has 7 fully saturated rings. The third-order valence-corrected chi connectivity index (χ3v) is 9.38. The summed E-state index contributed by atoms with van der Waals surface area (Å²) in [5.41, 5.74) is 1.63. The Hall–Kier alpha value is 0. The summed E-state index contributed by atoms with van der Waals surface area (Å²) in [6, 6.07) is 0. The number of hydrogen-bond acceptors (Lipinski definition) is 0. The Labute approximate surface area is 98.2 Å². The number of rotatable bonds is 0. The minimum absolute atomic E-state index is 0.814. The Kier molecular flexibility index (Phi) is 0.938. The zero-order chi connectivity index (χ0) is 10.4. The largest absolute Gasteiger partial charge is 0.0585 e. The lowest BCUT2D eigenvalue weighted by Crippen LogP contribution is -2.42. The molecule has 0 N–H and O–H groups in total. The van der Waals surface area contributed by atoms with Crippen LogP contribution in [0.5, 0.6) is 0 Å². The Morgan fingerprint density at radius 2 is 1.19 bits per heavy atom. The maximum atomic E-state index is 2.75. The van der Waals surface area contributed by atoms with Crippen molar-refractivity contribution in [2.24, 2.45) is 58.2 Å². The molecule has 16 heavy (non-hydrogen) atoms. The maximum absolute atomic E-state index is 2.75. The fraction of sp³-hybridized carbons (Fsp3) is 1.00. The summed E-state index contributed by atoms with van der Waals surface area (Å²) in [7, 11) is 0. The molecule has 0 amide bonds. The lowest BCUT2D eigenvalue weighted by atomic mass is 9.56. The summed E-state index contributed by atoms with van der Waals surface area (Å²) in [5, 5.41) is 0. The average molecular weight is 214 g/mol. The molecule has 0 heterocycles. The van der Waals surface area contributed by atoms with Gasteiger partial charge in [-0.15, -0.1) is 0 Å². The Morgan fingerprint density at radius 3 is 1.62 bits per heavy atom. The number of hydrogen-bond donors (Lipinski definition) is 0. The van der Waals surface area contributed by atoms with Crippen LogP contribution in [0.25, 0.3) is 0 Å². The molecular weight excluding hydrogens is 192 g/mol. The van der Waals surface area contributed by atoms with Crippen molar-refractivity contribution in [1.82, 2.24) is 0 Å². The molecule has 7 aliphatic rings. The topological polar surface area (TPSA) is 0 Å². The van der Waals surface area contributed by atoms with Crippen LogP contribution in [-0.4, -0.2) is 0 Å². The van der Waals surface area contributed by atoms with Gasteiger partial charge in [-0.2, -0.15) is 0 Å². The monoisotopic (exact) mass is 214 g/mol. The van der Waals surface area contributed by atoms with Gasteiger partial charge in [0.1, 0.15) is 0 Å². The molecule has 0 saturated heterocycles. The minimum Gasteiger partial charge on any atom is -0.0585 e. The predicted molar refractivity (Wildman–Crippen MR) is 62.6 cm³/mol. The summed E-state index contributed by atoms with van der Waals surface area (Å²) < 4.78 is 0. The Morgan fingerprint density at radius 1 is 0.688 bits per heavy atom. The summed E-state index contributed by atoms with van der Waals surface area (Å²) in [6.45, 7) is 5.48. The molecule has 7 rings (SSSR count). The molecule has 8 bridgehead atoms. The summed E-state index contributed by atoms with van der Waals surface area (Å²) in [6.07, 6.45) is 6.44. The van der Waals surface area contributed by atoms with Gasteiger partial charge in [0, 0.05) is 0 Å². The van der Waals surface area contributed by atoms with Crippen molar-refractivity contribution in [3.05, 3.63) is 0 Å². The normalized spacial score (nSPS) is 84.4. The van der Waals surface area contributed by atoms with Crippen molar-refractivity contribution in [2.45, 2.75) is 39.5 Å². The van der Waals surface area contributed by atoms with E-state index < -0.39 is 0 Å². The van der Waals surface area contributed by atoms with E-state index in [0.29, 0.717) is 0 Å². The van der Waals surface area contributed by atoms with E-state index in [9.17, 15) is 0 Å². The van der Waals surface area contributed by atoms with Gasteiger partial charge in [-0.05, 0) is 83.9 Å². The summed E-state index contributed by atoms with van der Waals surface area (Å²) >= 11 is 0. The van der Waals surface area contributed by atoms with Crippen LogP contribution in [0.4, 0.5) is 0 Å². The van der Waals surface area contributed by atoms with Crippen molar-refractivity contribution < 1.29 is 0 Å². The van der Waals surface area contributed by atoms with E-state index in [1.807, 2.05) is 0 Å². The van der Waals surface area contributed by atoms with Gasteiger partial charge >= 0.3 is 0 Å². The molecule has 0 heteroatoms. The first-order valence-electron chi connectivity index (χ1n) is 7.70. The quantitative estimate of drug-likeness (QED) is 0.578. The van der Waals surface area contributed by atoms with Crippen molar-refractivity contribution in [3.8, 4) is 0 Å². The van der Waals surface area contributed by atoms with E-state index >= 15 is 0 Å². The van der Waals surface area contributed by atoms with Gasteiger partial charge in [0.2, 0.25) is 0 Å². The third-order valence-electron chi connectivity index (χ3n) is 9.38. The first-order valence-corrected chi connectivity index (χ1v) is 7.70. The molecule has 8 atom stereocenters. The molecule has 0 aliphatic heterocycles. The lowest BCUT2D eigenvalue weighted by Gasteiger charge is -2.48. The van der Waals surface area contributed by atoms with Crippen molar-refractivity contribution in [1.29, 1.82) is 0 Å². The van der Waals surface area contributed by atoms with E-state index in [2.05, 4.69) is 13.8 Å². The molecule has 0 aromatic rings. The fourth-order valence-electron chi connectivity index (χ4n) is 9.38. The van der Waals surface area contributed by atoms with E-state index in [4.69, 9.17) is 0 Å². The second-order valence-corrected chi connectivity index (χ2v) is 8.47. The molecular formula is C16H22. The zero-order valence-corrected chi connectivity index (χ0v) is 10.4. The maximum Gasteiger partial charge on any atom is -0.0199 e. The van der Waals surface area contributed by atoms with Gasteiger partial charge in [0.25, 0.3) is 0 Å². The average Bonchev–Trinajstić information content (AvgIpc) is 2.88. The first-order chi connectivity index (χ1) is 7.70. The molecule has 0 spiro atoms. The van der Waals surface area contributed by atoms with Crippen LogP contribution in [0.3, 0.4) is 0 Å². The third kappa shape index (κ3) is 0.421. The van der Waals surface area contributed by atoms with Gasteiger partial charge in [0.05, 0.1) is 0 Å². The van der Waals surface area contributed by atoms with E-state index in [-0.39, 0.29) is 0 Å².